The normalized spacial score (nSPS) is 16.0. The number of aryl methyl sites for hydroxylation is 1. The van der Waals surface area contributed by atoms with Gasteiger partial charge in [-0.3, -0.25) is 4.79 Å². The van der Waals surface area contributed by atoms with E-state index in [9.17, 15) is 4.79 Å². The lowest BCUT2D eigenvalue weighted by molar-refractivity contribution is -0.128. The number of hydrogen-bond acceptors (Lipinski definition) is 3. The average molecular weight is 276 g/mol. The number of carbonyl (C=O) groups is 1. The van der Waals surface area contributed by atoms with Crippen molar-refractivity contribution in [2.24, 2.45) is 0 Å². The Bertz CT molecular complexity index is 389. The van der Waals surface area contributed by atoms with E-state index in [4.69, 9.17) is 4.74 Å². The molecule has 2 rings (SSSR count). The van der Waals surface area contributed by atoms with E-state index in [-0.39, 0.29) is 18.6 Å². The fourth-order valence-electron chi connectivity index (χ4n) is 2.37. The van der Waals surface area contributed by atoms with Gasteiger partial charge in [0.25, 0.3) is 0 Å². The van der Waals surface area contributed by atoms with Crippen LogP contribution in [0.3, 0.4) is 0 Å². The smallest absolute Gasteiger partial charge is 0.246 e. The number of piperidine rings is 1. The highest BCUT2D eigenvalue weighted by molar-refractivity contribution is 5.77. The van der Waals surface area contributed by atoms with Crippen molar-refractivity contribution in [3.8, 4) is 0 Å². The second kappa shape index (κ2) is 8.72. The molecule has 20 heavy (non-hydrogen) atoms. The Hall–Kier alpha value is -1.39. The molecule has 110 valence electrons. The lowest BCUT2D eigenvalue weighted by atomic mass is 10.1. The van der Waals surface area contributed by atoms with Crippen molar-refractivity contribution in [3.05, 3.63) is 35.9 Å². The summed E-state index contributed by atoms with van der Waals surface area (Å²) >= 11 is 0. The van der Waals surface area contributed by atoms with Crippen LogP contribution >= 0.6 is 0 Å². The molecule has 1 amide bonds. The van der Waals surface area contributed by atoms with Crippen molar-refractivity contribution in [2.75, 3.05) is 26.2 Å². The third-order valence-corrected chi connectivity index (χ3v) is 3.54. The first-order chi connectivity index (χ1) is 9.84. The van der Waals surface area contributed by atoms with Crippen LogP contribution in [0, 0.1) is 0 Å². The van der Waals surface area contributed by atoms with Crippen molar-refractivity contribution in [3.63, 3.8) is 0 Å². The van der Waals surface area contributed by atoms with Crippen molar-refractivity contribution in [1.82, 2.24) is 10.6 Å². The highest BCUT2D eigenvalue weighted by Gasteiger charge is 2.14. The van der Waals surface area contributed by atoms with Gasteiger partial charge in [0.1, 0.15) is 6.61 Å². The summed E-state index contributed by atoms with van der Waals surface area (Å²) in [6, 6.07) is 10.3. The Morgan fingerprint density at radius 2 is 2.00 bits per heavy atom. The van der Waals surface area contributed by atoms with E-state index < -0.39 is 0 Å². The Kier molecular flexibility index (Phi) is 6.54. The van der Waals surface area contributed by atoms with Crippen LogP contribution < -0.4 is 10.6 Å². The van der Waals surface area contributed by atoms with Crippen LogP contribution in [0.15, 0.2) is 30.3 Å². The number of nitrogens with one attached hydrogen (secondary N) is 2. The van der Waals surface area contributed by atoms with Crippen LogP contribution in [0.4, 0.5) is 0 Å². The molecule has 1 aliphatic heterocycles. The molecule has 1 saturated heterocycles. The van der Waals surface area contributed by atoms with Crippen molar-refractivity contribution < 1.29 is 9.53 Å². The molecule has 0 unspecified atom stereocenters. The molecule has 0 aliphatic carbocycles. The predicted molar refractivity (Wildman–Crippen MR) is 79.6 cm³/mol. The van der Waals surface area contributed by atoms with Gasteiger partial charge in [-0.15, -0.1) is 0 Å². The summed E-state index contributed by atoms with van der Waals surface area (Å²) < 4.78 is 5.61. The van der Waals surface area contributed by atoms with Gasteiger partial charge in [0.15, 0.2) is 0 Å². The van der Waals surface area contributed by atoms with Gasteiger partial charge >= 0.3 is 0 Å². The monoisotopic (exact) mass is 276 g/mol. The van der Waals surface area contributed by atoms with E-state index >= 15 is 0 Å². The molecule has 2 N–H and O–H groups in total. The zero-order chi connectivity index (χ0) is 14.0. The molecule has 0 bridgehead atoms. The third kappa shape index (κ3) is 5.72. The van der Waals surface area contributed by atoms with Gasteiger partial charge in [0.05, 0.1) is 6.10 Å². The summed E-state index contributed by atoms with van der Waals surface area (Å²) in [5, 5.41) is 6.19. The third-order valence-electron chi connectivity index (χ3n) is 3.54. The van der Waals surface area contributed by atoms with Crippen molar-refractivity contribution in [2.45, 2.75) is 31.8 Å². The molecule has 0 atom stereocenters. The maximum Gasteiger partial charge on any atom is 0.246 e. The molecule has 4 heteroatoms. The Morgan fingerprint density at radius 3 is 2.75 bits per heavy atom. The molecule has 0 aromatic heterocycles. The standard InChI is InChI=1S/C16H24N2O2/c19-16(13-20-15-8-11-17-12-9-15)18-10-4-7-14-5-2-1-3-6-14/h1-3,5-6,15,17H,4,7-13H2,(H,18,19). The molecular formula is C16H24N2O2. The van der Waals surface area contributed by atoms with Crippen molar-refractivity contribution in [1.29, 1.82) is 0 Å². The van der Waals surface area contributed by atoms with E-state index in [0.717, 1.165) is 38.8 Å². The topological polar surface area (TPSA) is 50.4 Å². The molecule has 1 aliphatic rings. The predicted octanol–water partition coefficient (Wildman–Crippen LogP) is 1.50. The highest BCUT2D eigenvalue weighted by atomic mass is 16.5. The Morgan fingerprint density at radius 1 is 1.25 bits per heavy atom. The largest absolute Gasteiger partial charge is 0.368 e. The summed E-state index contributed by atoms with van der Waals surface area (Å²) in [4.78, 5) is 11.6. The fourth-order valence-corrected chi connectivity index (χ4v) is 2.37. The number of carbonyl (C=O) groups excluding carboxylic acids is 1. The van der Waals surface area contributed by atoms with E-state index in [0.29, 0.717) is 6.54 Å². The molecule has 1 heterocycles. The second-order valence-electron chi connectivity index (χ2n) is 5.20. The highest BCUT2D eigenvalue weighted by Crippen LogP contribution is 2.06. The summed E-state index contributed by atoms with van der Waals surface area (Å²) in [6.07, 6.45) is 4.20. The molecule has 0 radical (unpaired) electrons. The molecule has 1 fully saturated rings. The van der Waals surface area contributed by atoms with Crippen molar-refractivity contribution >= 4 is 5.91 Å². The first-order valence-corrected chi connectivity index (χ1v) is 7.47. The number of amides is 1. The molecule has 0 spiro atoms. The average Bonchev–Trinajstić information content (AvgIpc) is 2.52. The zero-order valence-corrected chi connectivity index (χ0v) is 11.9. The van der Waals surface area contributed by atoms with Gasteiger partial charge < -0.3 is 15.4 Å². The molecule has 1 aromatic carbocycles. The van der Waals surface area contributed by atoms with Crippen LogP contribution in [-0.4, -0.2) is 38.3 Å². The number of ether oxygens (including phenoxy) is 1. The first kappa shape index (κ1) is 15.0. The van der Waals surface area contributed by atoms with Crippen LogP contribution in [0.1, 0.15) is 24.8 Å². The van der Waals surface area contributed by atoms with E-state index in [1.807, 2.05) is 18.2 Å². The molecule has 0 saturated carbocycles. The SMILES string of the molecule is O=C(COC1CCNCC1)NCCCc1ccccc1. The van der Waals surface area contributed by atoms with Gasteiger partial charge in [-0.1, -0.05) is 30.3 Å². The first-order valence-electron chi connectivity index (χ1n) is 7.47. The maximum atomic E-state index is 11.6. The van der Waals surface area contributed by atoms with E-state index in [1.165, 1.54) is 5.56 Å². The van der Waals surface area contributed by atoms with Gasteiger partial charge in [-0.25, -0.2) is 0 Å². The summed E-state index contributed by atoms with van der Waals surface area (Å²) in [5.74, 6) is -0.00315. The quantitative estimate of drug-likeness (QED) is 0.742. The van der Waals surface area contributed by atoms with E-state index in [2.05, 4.69) is 22.8 Å². The summed E-state index contributed by atoms with van der Waals surface area (Å²) in [7, 11) is 0. The Balaban J connectivity index is 1.51. The lowest BCUT2D eigenvalue weighted by Gasteiger charge is -2.22. The van der Waals surface area contributed by atoms with Crippen LogP contribution in [0.2, 0.25) is 0 Å². The van der Waals surface area contributed by atoms with Gasteiger partial charge in [0.2, 0.25) is 5.91 Å². The fraction of sp³-hybridized carbons (Fsp3) is 0.562. The number of rotatable bonds is 7. The lowest BCUT2D eigenvalue weighted by Crippen LogP contribution is -2.36. The minimum Gasteiger partial charge on any atom is -0.368 e. The Labute approximate surface area is 120 Å². The van der Waals surface area contributed by atoms with Crippen LogP contribution in [0.25, 0.3) is 0 Å². The second-order valence-corrected chi connectivity index (χ2v) is 5.20. The molecular weight excluding hydrogens is 252 g/mol. The molecule has 4 nitrogen and oxygen atoms in total. The number of hydrogen-bond donors (Lipinski definition) is 2. The summed E-state index contributed by atoms with van der Waals surface area (Å²) in [5.41, 5.74) is 1.31. The van der Waals surface area contributed by atoms with Gasteiger partial charge in [-0.05, 0) is 44.3 Å². The van der Waals surface area contributed by atoms with Crippen LogP contribution in [-0.2, 0) is 16.0 Å². The maximum absolute atomic E-state index is 11.6. The number of benzene rings is 1. The summed E-state index contributed by atoms with van der Waals surface area (Å²) in [6.45, 7) is 2.88. The van der Waals surface area contributed by atoms with E-state index in [1.54, 1.807) is 0 Å². The van der Waals surface area contributed by atoms with Gasteiger partial charge in [0, 0.05) is 6.54 Å². The zero-order valence-electron chi connectivity index (χ0n) is 11.9. The minimum absolute atomic E-state index is 0.00315. The molecule has 1 aromatic rings. The van der Waals surface area contributed by atoms with Crippen LogP contribution in [0.5, 0.6) is 0 Å². The minimum atomic E-state index is -0.00315. The van der Waals surface area contributed by atoms with Gasteiger partial charge in [-0.2, -0.15) is 0 Å².